The molecule has 3 aromatic rings. The van der Waals surface area contributed by atoms with Crippen LogP contribution in [0.5, 0.6) is 11.5 Å². The third-order valence-corrected chi connectivity index (χ3v) is 5.21. The molecule has 3 rings (SSSR count). The number of hydrogen-bond donors (Lipinski definition) is 0. The Balaban J connectivity index is 1.73. The molecule has 136 valence electrons. The van der Waals surface area contributed by atoms with Crippen molar-refractivity contribution in [2.24, 2.45) is 0 Å². The second-order valence-corrected chi connectivity index (χ2v) is 6.78. The van der Waals surface area contributed by atoms with Gasteiger partial charge in [-0.25, -0.2) is 4.98 Å². The average molecular weight is 373 g/mol. The van der Waals surface area contributed by atoms with Crippen molar-refractivity contribution in [2.45, 2.75) is 6.42 Å². The van der Waals surface area contributed by atoms with Crippen molar-refractivity contribution in [3.8, 4) is 11.5 Å². The molecule has 0 spiro atoms. The van der Waals surface area contributed by atoms with Gasteiger partial charge in [-0.05, 0) is 30.2 Å². The lowest BCUT2D eigenvalue weighted by atomic mass is 10.1. The summed E-state index contributed by atoms with van der Waals surface area (Å²) >= 11 is 1.45. The maximum atomic E-state index is 10.9. The number of nitro groups is 1. The lowest BCUT2D eigenvalue weighted by molar-refractivity contribution is -0.384. The molecule has 0 amide bonds. The molecule has 7 nitrogen and oxygen atoms in total. The molecule has 0 bridgehead atoms. The monoisotopic (exact) mass is 373 g/mol. The lowest BCUT2D eigenvalue weighted by Crippen LogP contribution is -2.20. The number of aromatic nitrogens is 1. The van der Waals surface area contributed by atoms with E-state index in [-0.39, 0.29) is 10.6 Å². The molecule has 0 N–H and O–H groups in total. The summed E-state index contributed by atoms with van der Waals surface area (Å²) in [4.78, 5) is 17.1. The number of nitrogens with zero attached hydrogens (tertiary/aromatic N) is 3. The number of methoxy groups -OCH3 is 2. The first-order chi connectivity index (χ1) is 12.5. The number of fused-ring (bicyclic) bond motifs is 1. The third-order valence-electron chi connectivity index (χ3n) is 4.08. The maximum absolute atomic E-state index is 10.9. The number of likely N-dealkylation sites (N-methyl/N-ethyl adjacent to an activating group) is 1. The summed E-state index contributed by atoms with van der Waals surface area (Å²) in [5.41, 5.74) is 1.99. The highest BCUT2D eigenvalue weighted by atomic mass is 32.1. The van der Waals surface area contributed by atoms with E-state index in [2.05, 4.69) is 4.98 Å². The Morgan fingerprint density at radius 1 is 1.15 bits per heavy atom. The van der Waals surface area contributed by atoms with Gasteiger partial charge in [0.1, 0.15) is 0 Å². The zero-order valence-corrected chi connectivity index (χ0v) is 15.6. The second-order valence-electron chi connectivity index (χ2n) is 5.77. The number of nitro benzene ring substituents is 1. The molecule has 0 atom stereocenters. The fourth-order valence-corrected chi connectivity index (χ4v) is 3.59. The van der Waals surface area contributed by atoms with E-state index in [1.807, 2.05) is 30.1 Å². The smallest absolute Gasteiger partial charge is 0.270 e. The lowest BCUT2D eigenvalue weighted by Gasteiger charge is -2.16. The number of non-ortho nitro benzene ring substituents is 1. The van der Waals surface area contributed by atoms with Crippen LogP contribution in [0.15, 0.2) is 36.4 Å². The Bertz CT molecular complexity index is 941. The standard InChI is InChI=1S/C18H19N3O4S/c1-20(9-8-12-4-7-15(24-2)16(10-12)25-3)18-19-14-6-5-13(21(22)23)11-17(14)26-18/h4-7,10-11H,8-9H2,1-3H3. The van der Waals surface area contributed by atoms with Crippen molar-refractivity contribution in [1.82, 2.24) is 4.98 Å². The molecular weight excluding hydrogens is 354 g/mol. The van der Waals surface area contributed by atoms with E-state index in [0.717, 1.165) is 33.9 Å². The Kier molecular flexibility index (Phi) is 5.22. The first-order valence-electron chi connectivity index (χ1n) is 7.99. The predicted molar refractivity (Wildman–Crippen MR) is 103 cm³/mol. The van der Waals surface area contributed by atoms with E-state index in [0.29, 0.717) is 11.5 Å². The van der Waals surface area contributed by atoms with Gasteiger partial charge in [0.25, 0.3) is 5.69 Å². The van der Waals surface area contributed by atoms with Crippen molar-refractivity contribution in [3.63, 3.8) is 0 Å². The molecule has 0 aliphatic rings. The third kappa shape index (κ3) is 3.70. The summed E-state index contributed by atoms with van der Waals surface area (Å²) in [7, 11) is 5.20. The van der Waals surface area contributed by atoms with Crippen LogP contribution in [0, 0.1) is 10.1 Å². The van der Waals surface area contributed by atoms with Crippen molar-refractivity contribution < 1.29 is 14.4 Å². The molecule has 0 unspecified atom stereocenters. The van der Waals surface area contributed by atoms with Crippen LogP contribution in [-0.2, 0) is 6.42 Å². The summed E-state index contributed by atoms with van der Waals surface area (Å²) in [5.74, 6) is 1.41. The summed E-state index contributed by atoms with van der Waals surface area (Å²) in [5, 5.41) is 11.7. The molecule has 1 aromatic heterocycles. The fraction of sp³-hybridized carbons (Fsp3) is 0.278. The number of benzene rings is 2. The van der Waals surface area contributed by atoms with Crippen molar-refractivity contribution in [1.29, 1.82) is 0 Å². The molecule has 0 radical (unpaired) electrons. The van der Waals surface area contributed by atoms with Crippen LogP contribution in [0.4, 0.5) is 10.8 Å². The van der Waals surface area contributed by atoms with E-state index in [9.17, 15) is 10.1 Å². The predicted octanol–water partition coefficient (Wildman–Crippen LogP) is 3.90. The van der Waals surface area contributed by atoms with Crippen LogP contribution in [0.3, 0.4) is 0 Å². The van der Waals surface area contributed by atoms with Crippen LogP contribution < -0.4 is 14.4 Å². The highest BCUT2D eigenvalue weighted by Gasteiger charge is 2.13. The van der Waals surface area contributed by atoms with Gasteiger partial charge >= 0.3 is 0 Å². The number of ether oxygens (including phenoxy) is 2. The van der Waals surface area contributed by atoms with Crippen LogP contribution in [-0.4, -0.2) is 37.7 Å². The Morgan fingerprint density at radius 2 is 1.92 bits per heavy atom. The number of thiazole rings is 1. The van der Waals surface area contributed by atoms with Crippen molar-refractivity contribution in [2.75, 3.05) is 32.7 Å². The minimum absolute atomic E-state index is 0.0840. The molecule has 8 heteroatoms. The summed E-state index contributed by atoms with van der Waals surface area (Å²) in [6, 6.07) is 10.6. The van der Waals surface area contributed by atoms with Crippen LogP contribution in [0.1, 0.15) is 5.56 Å². The molecule has 0 saturated carbocycles. The number of rotatable bonds is 7. The summed E-state index contributed by atoms with van der Waals surface area (Å²) < 4.78 is 11.4. The zero-order valence-electron chi connectivity index (χ0n) is 14.8. The Hall–Kier alpha value is -2.87. The molecular formula is C18H19N3O4S. The average Bonchev–Trinajstić information content (AvgIpc) is 3.09. The van der Waals surface area contributed by atoms with Crippen molar-refractivity contribution >= 4 is 32.4 Å². The minimum Gasteiger partial charge on any atom is -0.493 e. The number of anilines is 1. The summed E-state index contributed by atoms with van der Waals surface area (Å²) in [6.45, 7) is 0.761. The minimum atomic E-state index is -0.389. The molecule has 0 saturated heterocycles. The highest BCUT2D eigenvalue weighted by Crippen LogP contribution is 2.31. The molecule has 0 aliphatic carbocycles. The van der Waals surface area contributed by atoms with Gasteiger partial charge in [-0.3, -0.25) is 10.1 Å². The quantitative estimate of drug-likeness (QED) is 0.462. The van der Waals surface area contributed by atoms with Crippen LogP contribution >= 0.6 is 11.3 Å². The molecule has 2 aromatic carbocycles. The first kappa shape index (κ1) is 17.9. The SMILES string of the molecule is COc1ccc(CCN(C)c2nc3ccc([N+](=O)[O-])cc3s2)cc1OC. The van der Waals surface area contributed by atoms with Gasteiger partial charge in [-0.1, -0.05) is 17.4 Å². The number of hydrogen-bond acceptors (Lipinski definition) is 7. The van der Waals surface area contributed by atoms with E-state index < -0.39 is 0 Å². The van der Waals surface area contributed by atoms with Gasteiger partial charge in [-0.2, -0.15) is 0 Å². The zero-order chi connectivity index (χ0) is 18.7. The maximum Gasteiger partial charge on any atom is 0.270 e. The first-order valence-corrected chi connectivity index (χ1v) is 8.80. The van der Waals surface area contributed by atoms with E-state index in [1.165, 1.54) is 17.4 Å². The molecule has 26 heavy (non-hydrogen) atoms. The van der Waals surface area contributed by atoms with Gasteiger partial charge in [0.15, 0.2) is 16.6 Å². The highest BCUT2D eigenvalue weighted by molar-refractivity contribution is 7.22. The van der Waals surface area contributed by atoms with E-state index >= 15 is 0 Å². The molecule has 0 fully saturated rings. The summed E-state index contributed by atoms with van der Waals surface area (Å²) in [6.07, 6.45) is 0.812. The Labute approximate surface area is 154 Å². The van der Waals surface area contributed by atoms with Crippen molar-refractivity contribution in [3.05, 3.63) is 52.1 Å². The molecule has 0 aliphatic heterocycles. The van der Waals surface area contributed by atoms with Gasteiger partial charge < -0.3 is 14.4 Å². The topological polar surface area (TPSA) is 77.7 Å². The molecule has 1 heterocycles. The van der Waals surface area contributed by atoms with E-state index in [1.54, 1.807) is 26.4 Å². The Morgan fingerprint density at radius 3 is 2.62 bits per heavy atom. The van der Waals surface area contributed by atoms with Gasteiger partial charge in [-0.15, -0.1) is 0 Å². The second kappa shape index (κ2) is 7.57. The fourth-order valence-electron chi connectivity index (χ4n) is 2.61. The van der Waals surface area contributed by atoms with E-state index in [4.69, 9.17) is 9.47 Å². The largest absolute Gasteiger partial charge is 0.493 e. The van der Waals surface area contributed by atoms with Gasteiger partial charge in [0.05, 0.1) is 29.4 Å². The van der Waals surface area contributed by atoms with Crippen LogP contribution in [0.2, 0.25) is 0 Å². The van der Waals surface area contributed by atoms with Gasteiger partial charge in [0.2, 0.25) is 0 Å². The van der Waals surface area contributed by atoms with Gasteiger partial charge in [0, 0.05) is 25.7 Å². The van der Waals surface area contributed by atoms with Crippen LogP contribution in [0.25, 0.3) is 10.2 Å². The normalized spacial score (nSPS) is 10.7.